The molecule has 2 amide bonds. The zero-order valence-corrected chi connectivity index (χ0v) is 18.0. The number of amides is 2. The van der Waals surface area contributed by atoms with Crippen LogP contribution in [0.2, 0.25) is 0 Å². The summed E-state index contributed by atoms with van der Waals surface area (Å²) in [4.78, 5) is 28.8. The van der Waals surface area contributed by atoms with E-state index in [1.165, 1.54) is 11.0 Å². The molecule has 0 aromatic heterocycles. The number of nitrogens with zero attached hydrogens (tertiary/aromatic N) is 2. The highest BCUT2D eigenvalue weighted by Gasteiger charge is 2.36. The summed E-state index contributed by atoms with van der Waals surface area (Å²) in [6.45, 7) is 8.01. The van der Waals surface area contributed by atoms with Crippen LogP contribution in [0.5, 0.6) is 0 Å². The molecule has 0 saturated carbocycles. The Balaban J connectivity index is 1.55. The molecular weight excluding hydrogens is 411 g/mol. The van der Waals surface area contributed by atoms with E-state index in [0.717, 1.165) is 25.2 Å². The lowest BCUT2D eigenvalue weighted by Gasteiger charge is -2.37. The summed E-state index contributed by atoms with van der Waals surface area (Å²) in [5, 5.41) is 2.99. The number of benzene rings is 1. The van der Waals surface area contributed by atoms with Crippen molar-refractivity contribution in [3.8, 4) is 0 Å². The van der Waals surface area contributed by atoms with Gasteiger partial charge in [0.25, 0.3) is 0 Å². The largest absolute Gasteiger partial charge is 0.416 e. The van der Waals surface area contributed by atoms with Crippen molar-refractivity contribution in [3.63, 3.8) is 0 Å². The first-order valence-corrected chi connectivity index (χ1v) is 10.7. The zero-order valence-electron chi connectivity index (χ0n) is 18.0. The standard InChI is InChI=1S/C22H30F3N3O3/c1-15(2)19(27-6-8-31-9-7-27)12-26-21(30)17-11-20(29)28(14-17)13-16-4-3-5-18(10-16)22(23,24)25/h3-5,10,15,17,19H,6-9,11-14H2,1-2H3,(H,26,30). The van der Waals surface area contributed by atoms with E-state index in [0.29, 0.717) is 31.2 Å². The number of morpholine rings is 1. The van der Waals surface area contributed by atoms with Crippen molar-refractivity contribution in [1.29, 1.82) is 0 Å². The first-order valence-electron chi connectivity index (χ1n) is 10.7. The number of rotatable bonds is 7. The van der Waals surface area contributed by atoms with Gasteiger partial charge in [0.15, 0.2) is 0 Å². The predicted octanol–water partition coefficient (Wildman–Crippen LogP) is 2.53. The van der Waals surface area contributed by atoms with Gasteiger partial charge in [-0.05, 0) is 23.6 Å². The van der Waals surface area contributed by atoms with E-state index >= 15 is 0 Å². The fraction of sp³-hybridized carbons (Fsp3) is 0.636. The summed E-state index contributed by atoms with van der Waals surface area (Å²) in [5.41, 5.74) is -0.342. The predicted molar refractivity (Wildman–Crippen MR) is 109 cm³/mol. The van der Waals surface area contributed by atoms with Crippen LogP contribution < -0.4 is 5.32 Å². The van der Waals surface area contributed by atoms with Gasteiger partial charge in [-0.25, -0.2) is 0 Å². The smallest absolute Gasteiger partial charge is 0.379 e. The minimum atomic E-state index is -4.43. The lowest BCUT2D eigenvalue weighted by atomic mass is 10.0. The molecule has 2 aliphatic heterocycles. The Morgan fingerprint density at radius 2 is 1.97 bits per heavy atom. The summed E-state index contributed by atoms with van der Waals surface area (Å²) in [7, 11) is 0. The number of hydrogen-bond donors (Lipinski definition) is 1. The maximum absolute atomic E-state index is 12.9. The molecule has 9 heteroatoms. The summed E-state index contributed by atoms with van der Waals surface area (Å²) in [6, 6.07) is 5.14. The van der Waals surface area contributed by atoms with Crippen LogP contribution in [-0.2, 0) is 27.0 Å². The molecular formula is C22H30F3N3O3. The van der Waals surface area contributed by atoms with Crippen molar-refractivity contribution >= 4 is 11.8 Å². The minimum absolute atomic E-state index is 0.0644. The van der Waals surface area contributed by atoms with Crippen molar-refractivity contribution in [2.45, 2.75) is 39.0 Å². The molecule has 0 bridgehead atoms. The molecule has 0 spiro atoms. The third-order valence-corrected chi connectivity index (χ3v) is 5.98. The molecule has 2 atom stereocenters. The lowest BCUT2D eigenvalue weighted by molar-refractivity contribution is -0.137. The fourth-order valence-electron chi connectivity index (χ4n) is 4.21. The van der Waals surface area contributed by atoms with Crippen LogP contribution in [0.1, 0.15) is 31.4 Å². The highest BCUT2D eigenvalue weighted by atomic mass is 19.4. The van der Waals surface area contributed by atoms with Gasteiger partial charge < -0.3 is 15.0 Å². The van der Waals surface area contributed by atoms with Gasteiger partial charge in [0, 0.05) is 45.2 Å². The second-order valence-electron chi connectivity index (χ2n) is 8.58. The third-order valence-electron chi connectivity index (χ3n) is 5.98. The van der Waals surface area contributed by atoms with E-state index in [4.69, 9.17) is 4.74 Å². The Hall–Kier alpha value is -2.13. The molecule has 2 saturated heterocycles. The molecule has 1 N–H and O–H groups in total. The maximum Gasteiger partial charge on any atom is 0.416 e. The first-order chi connectivity index (χ1) is 14.6. The molecule has 1 aromatic carbocycles. The van der Waals surface area contributed by atoms with Gasteiger partial charge in [-0.15, -0.1) is 0 Å². The average Bonchev–Trinajstić information content (AvgIpc) is 3.08. The monoisotopic (exact) mass is 441 g/mol. The summed E-state index contributed by atoms with van der Waals surface area (Å²) in [5.74, 6) is -0.540. The number of alkyl halides is 3. The van der Waals surface area contributed by atoms with E-state index in [1.54, 1.807) is 6.07 Å². The molecule has 2 fully saturated rings. The summed E-state index contributed by atoms with van der Waals surface area (Å²) >= 11 is 0. The van der Waals surface area contributed by atoms with Gasteiger partial charge in [0.05, 0.1) is 24.7 Å². The summed E-state index contributed by atoms with van der Waals surface area (Å²) < 4.78 is 44.2. The molecule has 1 aromatic rings. The van der Waals surface area contributed by atoms with Crippen LogP contribution in [0.3, 0.4) is 0 Å². The fourth-order valence-corrected chi connectivity index (χ4v) is 4.21. The van der Waals surface area contributed by atoms with Gasteiger partial charge >= 0.3 is 6.18 Å². The van der Waals surface area contributed by atoms with Gasteiger partial charge in [-0.3, -0.25) is 14.5 Å². The molecule has 2 unspecified atom stereocenters. The number of carbonyl (C=O) groups is 2. The van der Waals surface area contributed by atoms with E-state index < -0.39 is 17.7 Å². The molecule has 3 rings (SSSR count). The quantitative estimate of drug-likeness (QED) is 0.707. The molecule has 2 aliphatic rings. The molecule has 172 valence electrons. The second kappa shape index (κ2) is 9.99. The maximum atomic E-state index is 12.9. The van der Waals surface area contributed by atoms with Gasteiger partial charge in [0.1, 0.15) is 0 Å². The normalized spacial score (nSPS) is 21.5. The molecule has 31 heavy (non-hydrogen) atoms. The van der Waals surface area contributed by atoms with Crippen LogP contribution in [0, 0.1) is 11.8 Å². The van der Waals surface area contributed by atoms with Crippen LogP contribution in [0.4, 0.5) is 13.2 Å². The van der Waals surface area contributed by atoms with Crippen molar-refractivity contribution < 1.29 is 27.5 Å². The molecule has 0 radical (unpaired) electrons. The van der Waals surface area contributed by atoms with E-state index in [1.807, 2.05) is 0 Å². The molecule has 0 aliphatic carbocycles. The number of ether oxygens (including phenoxy) is 1. The number of nitrogens with one attached hydrogen (secondary N) is 1. The second-order valence-corrected chi connectivity index (χ2v) is 8.58. The highest BCUT2D eigenvalue weighted by molar-refractivity contribution is 5.89. The Kier molecular flexibility index (Phi) is 7.59. The van der Waals surface area contributed by atoms with Crippen LogP contribution >= 0.6 is 0 Å². The van der Waals surface area contributed by atoms with Crippen molar-refractivity contribution in [2.75, 3.05) is 39.4 Å². The first kappa shape index (κ1) is 23.5. The van der Waals surface area contributed by atoms with Crippen LogP contribution in [0.25, 0.3) is 0 Å². The topological polar surface area (TPSA) is 61.9 Å². The number of halogens is 3. The lowest BCUT2D eigenvalue weighted by Crippen LogP contribution is -2.51. The average molecular weight is 441 g/mol. The van der Waals surface area contributed by atoms with Crippen molar-refractivity contribution in [2.24, 2.45) is 11.8 Å². The summed E-state index contributed by atoms with van der Waals surface area (Å²) in [6.07, 6.45) is -4.35. The van der Waals surface area contributed by atoms with Gasteiger partial charge in [-0.2, -0.15) is 13.2 Å². The van der Waals surface area contributed by atoms with Gasteiger partial charge in [0.2, 0.25) is 11.8 Å². The SMILES string of the molecule is CC(C)C(CNC(=O)C1CC(=O)N(Cc2cccc(C(F)(F)F)c2)C1)N1CCOCC1. The van der Waals surface area contributed by atoms with E-state index in [-0.39, 0.29) is 37.4 Å². The highest BCUT2D eigenvalue weighted by Crippen LogP contribution is 2.30. The third kappa shape index (κ3) is 6.20. The number of hydrogen-bond acceptors (Lipinski definition) is 4. The zero-order chi connectivity index (χ0) is 22.6. The van der Waals surface area contributed by atoms with Crippen molar-refractivity contribution in [3.05, 3.63) is 35.4 Å². The van der Waals surface area contributed by atoms with Crippen LogP contribution in [-0.4, -0.2) is 67.0 Å². The Morgan fingerprint density at radius 3 is 2.61 bits per heavy atom. The van der Waals surface area contributed by atoms with Crippen molar-refractivity contribution in [1.82, 2.24) is 15.1 Å². The molecule has 2 heterocycles. The van der Waals surface area contributed by atoms with E-state index in [2.05, 4.69) is 24.1 Å². The number of likely N-dealkylation sites (tertiary alicyclic amines) is 1. The Bertz CT molecular complexity index is 779. The minimum Gasteiger partial charge on any atom is -0.379 e. The molecule has 6 nitrogen and oxygen atoms in total. The van der Waals surface area contributed by atoms with E-state index in [9.17, 15) is 22.8 Å². The van der Waals surface area contributed by atoms with Gasteiger partial charge in [-0.1, -0.05) is 26.0 Å². The Morgan fingerprint density at radius 1 is 1.26 bits per heavy atom. The Labute approximate surface area is 180 Å². The van der Waals surface area contributed by atoms with Crippen LogP contribution in [0.15, 0.2) is 24.3 Å². The number of carbonyl (C=O) groups excluding carboxylic acids is 2.